The molecule has 1 heterocycles. The van der Waals surface area contributed by atoms with Gasteiger partial charge in [-0.2, -0.15) is 0 Å². The van der Waals surface area contributed by atoms with Crippen LogP contribution >= 0.6 is 24.8 Å². The summed E-state index contributed by atoms with van der Waals surface area (Å²) in [5.74, 6) is -0.398. The van der Waals surface area contributed by atoms with Crippen LogP contribution in [0.5, 0.6) is 5.75 Å². The number of rotatable bonds is 9. The average molecular weight is 523 g/mol. The summed E-state index contributed by atoms with van der Waals surface area (Å²) in [6.07, 6.45) is -7.04. The molecular formula is C19H31Cl2F3N4O5. The molecule has 1 fully saturated rings. The number of alkyl halides is 3. The van der Waals surface area contributed by atoms with E-state index in [1.807, 2.05) is 30.9 Å². The zero-order valence-electron chi connectivity index (χ0n) is 18.4. The summed E-state index contributed by atoms with van der Waals surface area (Å²) in [6, 6.07) is 3.69. The molecule has 0 radical (unpaired) electrons. The van der Waals surface area contributed by atoms with E-state index < -0.39 is 42.5 Å². The summed E-state index contributed by atoms with van der Waals surface area (Å²) >= 11 is 0. The lowest BCUT2D eigenvalue weighted by atomic mass is 10.0. The molecule has 4 atom stereocenters. The molecule has 14 heteroatoms. The number of urea groups is 1. The Labute approximate surface area is 203 Å². The predicted molar refractivity (Wildman–Crippen MR) is 121 cm³/mol. The van der Waals surface area contributed by atoms with Crippen LogP contribution in [0.1, 0.15) is 0 Å². The number of ether oxygens (including phenoxy) is 2. The van der Waals surface area contributed by atoms with Crippen molar-refractivity contribution in [2.24, 2.45) is 0 Å². The Morgan fingerprint density at radius 2 is 1.73 bits per heavy atom. The molecule has 2 rings (SSSR count). The number of hydrogen-bond acceptors (Lipinski definition) is 7. The van der Waals surface area contributed by atoms with Crippen LogP contribution in [-0.4, -0.2) is 104 Å². The molecule has 1 saturated heterocycles. The molecule has 0 saturated carbocycles. The lowest BCUT2D eigenvalue weighted by molar-refractivity contribution is -0.274. The van der Waals surface area contributed by atoms with Gasteiger partial charge in [0.2, 0.25) is 0 Å². The highest BCUT2D eigenvalue weighted by molar-refractivity contribution is 5.89. The molecule has 4 N–H and O–H groups in total. The van der Waals surface area contributed by atoms with E-state index in [1.165, 1.54) is 12.1 Å². The summed E-state index contributed by atoms with van der Waals surface area (Å²) in [5, 5.41) is 25.1. The summed E-state index contributed by atoms with van der Waals surface area (Å²) in [7, 11) is 5.69. The van der Waals surface area contributed by atoms with Crippen molar-refractivity contribution in [3.63, 3.8) is 0 Å². The molecule has 0 aliphatic carbocycles. The third kappa shape index (κ3) is 10.1. The normalized spacial score (nSPS) is 22.5. The van der Waals surface area contributed by atoms with Gasteiger partial charge in [-0.3, -0.25) is 4.90 Å². The molecule has 1 aromatic rings. The number of aliphatic hydroxyl groups excluding tert-OH is 2. The summed E-state index contributed by atoms with van der Waals surface area (Å²) in [5.41, 5.74) is 0.271. The number of carbonyl (C=O) groups is 1. The third-order valence-electron chi connectivity index (χ3n) is 4.86. The van der Waals surface area contributed by atoms with Gasteiger partial charge in [0, 0.05) is 25.3 Å². The first-order valence-corrected chi connectivity index (χ1v) is 9.70. The smallest absolute Gasteiger partial charge is 0.406 e. The SMILES string of the molecule is CN(C)CCN(C)[C@@H]1[C@H](O)[C@H](CO)O[C@@H]1CNC(=O)Nc1ccc(OC(F)(F)F)cc1.Cl.Cl. The van der Waals surface area contributed by atoms with Crippen molar-refractivity contribution in [3.8, 4) is 5.75 Å². The van der Waals surface area contributed by atoms with Gasteiger partial charge in [-0.1, -0.05) is 0 Å². The Hall–Kier alpha value is -1.54. The zero-order valence-corrected chi connectivity index (χ0v) is 20.0. The quantitative estimate of drug-likeness (QED) is 0.389. The molecule has 2 amide bonds. The number of hydrogen-bond donors (Lipinski definition) is 4. The highest BCUT2D eigenvalue weighted by atomic mass is 35.5. The number of amides is 2. The first kappa shape index (κ1) is 31.5. The Kier molecular flexibility index (Phi) is 13.3. The molecule has 1 aliphatic rings. The maximum absolute atomic E-state index is 12.2. The van der Waals surface area contributed by atoms with Crippen LogP contribution in [0, 0.1) is 0 Å². The van der Waals surface area contributed by atoms with Crippen molar-refractivity contribution in [2.75, 3.05) is 52.7 Å². The fourth-order valence-corrected chi connectivity index (χ4v) is 3.31. The second-order valence-corrected chi connectivity index (χ2v) is 7.57. The summed E-state index contributed by atoms with van der Waals surface area (Å²) in [4.78, 5) is 16.1. The van der Waals surface area contributed by atoms with Crippen molar-refractivity contribution in [3.05, 3.63) is 24.3 Å². The number of benzene rings is 1. The van der Waals surface area contributed by atoms with Crippen LogP contribution in [0.15, 0.2) is 24.3 Å². The molecular weight excluding hydrogens is 492 g/mol. The van der Waals surface area contributed by atoms with Crippen molar-refractivity contribution in [2.45, 2.75) is 30.7 Å². The van der Waals surface area contributed by atoms with E-state index in [2.05, 4.69) is 15.4 Å². The van der Waals surface area contributed by atoms with Crippen LogP contribution in [-0.2, 0) is 4.74 Å². The number of halogens is 5. The second-order valence-electron chi connectivity index (χ2n) is 7.57. The standard InChI is InChI=1S/C19H29F3N4O5.2ClH/c1-25(2)8-9-26(3)16-14(30-15(11-27)17(16)28)10-23-18(29)24-12-4-6-13(7-5-12)31-19(20,21)22;;/h4-7,14-17,27-28H,8-11H2,1-3H3,(H2,23,24,29);2*1H/t14-,15+,16+,17-;;/m1../s1. The van der Waals surface area contributed by atoms with Crippen molar-refractivity contribution in [1.29, 1.82) is 0 Å². The Morgan fingerprint density at radius 1 is 1.12 bits per heavy atom. The van der Waals surface area contributed by atoms with Gasteiger partial charge in [0.1, 0.15) is 18.0 Å². The van der Waals surface area contributed by atoms with Crippen LogP contribution in [0.4, 0.5) is 23.7 Å². The second kappa shape index (κ2) is 14.0. The lowest BCUT2D eigenvalue weighted by Crippen LogP contribution is -2.51. The molecule has 1 aromatic carbocycles. The van der Waals surface area contributed by atoms with E-state index in [0.29, 0.717) is 6.54 Å². The molecule has 0 unspecified atom stereocenters. The van der Waals surface area contributed by atoms with Gasteiger partial charge in [0.05, 0.1) is 18.8 Å². The molecule has 0 aromatic heterocycles. The van der Waals surface area contributed by atoms with Crippen LogP contribution in [0.3, 0.4) is 0 Å². The number of aliphatic hydroxyl groups is 2. The van der Waals surface area contributed by atoms with Gasteiger partial charge in [0.15, 0.2) is 0 Å². The minimum atomic E-state index is -4.79. The number of nitrogens with zero attached hydrogens (tertiary/aromatic N) is 2. The lowest BCUT2D eigenvalue weighted by Gasteiger charge is -2.31. The van der Waals surface area contributed by atoms with Crippen molar-refractivity contribution < 1.29 is 37.7 Å². The third-order valence-corrected chi connectivity index (χ3v) is 4.86. The van der Waals surface area contributed by atoms with Gasteiger partial charge in [-0.25, -0.2) is 4.79 Å². The molecule has 192 valence electrons. The maximum atomic E-state index is 12.2. The number of nitrogens with one attached hydrogen (secondary N) is 2. The fraction of sp³-hybridized carbons (Fsp3) is 0.632. The predicted octanol–water partition coefficient (Wildman–Crippen LogP) is 1.53. The van der Waals surface area contributed by atoms with Crippen LogP contribution < -0.4 is 15.4 Å². The van der Waals surface area contributed by atoms with Gasteiger partial charge in [-0.05, 0) is 45.4 Å². The van der Waals surface area contributed by atoms with Crippen molar-refractivity contribution >= 4 is 36.5 Å². The first-order valence-electron chi connectivity index (χ1n) is 9.70. The van der Waals surface area contributed by atoms with Crippen molar-refractivity contribution in [1.82, 2.24) is 15.1 Å². The molecule has 0 bridgehead atoms. The van der Waals surface area contributed by atoms with E-state index in [-0.39, 0.29) is 43.7 Å². The number of carbonyl (C=O) groups excluding carboxylic acids is 1. The largest absolute Gasteiger partial charge is 0.573 e. The van der Waals surface area contributed by atoms with E-state index >= 15 is 0 Å². The first-order chi connectivity index (χ1) is 14.5. The van der Waals surface area contributed by atoms with Gasteiger partial charge in [0.25, 0.3) is 0 Å². The summed E-state index contributed by atoms with van der Waals surface area (Å²) in [6.45, 7) is 1.10. The zero-order chi connectivity index (χ0) is 23.2. The molecule has 0 spiro atoms. The maximum Gasteiger partial charge on any atom is 0.573 e. The summed E-state index contributed by atoms with van der Waals surface area (Å²) < 4.78 is 46.1. The highest BCUT2D eigenvalue weighted by Gasteiger charge is 2.45. The molecule has 9 nitrogen and oxygen atoms in total. The minimum Gasteiger partial charge on any atom is -0.406 e. The van der Waals surface area contributed by atoms with Gasteiger partial charge >= 0.3 is 12.4 Å². The van der Waals surface area contributed by atoms with Gasteiger partial charge < -0.3 is 35.2 Å². The van der Waals surface area contributed by atoms with Gasteiger partial charge in [-0.15, -0.1) is 38.0 Å². The Morgan fingerprint density at radius 3 is 2.24 bits per heavy atom. The topological polar surface area (TPSA) is 107 Å². The van der Waals surface area contributed by atoms with E-state index in [4.69, 9.17) is 4.74 Å². The minimum absolute atomic E-state index is 0. The Bertz CT molecular complexity index is 716. The number of anilines is 1. The van der Waals surface area contributed by atoms with Crippen LogP contribution in [0.2, 0.25) is 0 Å². The monoisotopic (exact) mass is 522 g/mol. The average Bonchev–Trinajstić information content (AvgIpc) is 3.00. The number of likely N-dealkylation sites (N-methyl/N-ethyl adjacent to an activating group) is 2. The van der Waals surface area contributed by atoms with E-state index in [9.17, 15) is 28.2 Å². The van der Waals surface area contributed by atoms with E-state index in [0.717, 1.165) is 18.7 Å². The Balaban J connectivity index is 0.00000512. The molecule has 33 heavy (non-hydrogen) atoms. The fourth-order valence-electron chi connectivity index (χ4n) is 3.31. The molecule has 1 aliphatic heterocycles. The van der Waals surface area contributed by atoms with E-state index in [1.54, 1.807) is 0 Å². The highest BCUT2D eigenvalue weighted by Crippen LogP contribution is 2.25. The van der Waals surface area contributed by atoms with Crippen LogP contribution in [0.25, 0.3) is 0 Å².